The first-order valence-corrected chi connectivity index (χ1v) is 7.95. The van der Waals surface area contributed by atoms with Crippen LogP contribution >= 0.6 is 15.9 Å². The summed E-state index contributed by atoms with van der Waals surface area (Å²) in [5, 5.41) is 10.6. The van der Waals surface area contributed by atoms with Gasteiger partial charge in [0.2, 0.25) is 0 Å². The fourth-order valence-corrected chi connectivity index (χ4v) is 2.22. The summed E-state index contributed by atoms with van der Waals surface area (Å²) >= 11 is 3.34. The molecule has 0 heterocycles. The Hall–Kier alpha value is -3.00. The Bertz CT molecular complexity index is 847. The van der Waals surface area contributed by atoms with Crippen molar-refractivity contribution in [3.05, 3.63) is 79.8 Å². The number of nitrogens with one attached hydrogen (secondary N) is 2. The second kappa shape index (κ2) is 8.20. The van der Waals surface area contributed by atoms with E-state index in [4.69, 9.17) is 0 Å². The molecular weight excluding hydrogens is 390 g/mol. The van der Waals surface area contributed by atoms with E-state index < -0.39 is 16.7 Å². The molecular formula is C17H14BrN3O4. The number of halogens is 1. The van der Waals surface area contributed by atoms with Gasteiger partial charge in [-0.2, -0.15) is 0 Å². The molecule has 2 aromatic carbocycles. The first kappa shape index (κ1) is 18.3. The smallest absolute Gasteiger partial charge is 0.268 e. The maximum Gasteiger partial charge on any atom is 0.269 e. The molecule has 0 radical (unpaired) electrons. The second-order valence-corrected chi connectivity index (χ2v) is 5.94. The van der Waals surface area contributed by atoms with Gasteiger partial charge in [0.05, 0.1) is 4.92 Å². The quantitative estimate of drug-likeness (QED) is 0.464. The monoisotopic (exact) mass is 403 g/mol. The van der Waals surface area contributed by atoms with Crippen LogP contribution in [0.5, 0.6) is 0 Å². The number of hydrazine groups is 1. The number of nitro benzene ring substituents is 1. The summed E-state index contributed by atoms with van der Waals surface area (Å²) < 4.78 is 0.796. The van der Waals surface area contributed by atoms with Crippen molar-refractivity contribution >= 4 is 39.5 Å². The van der Waals surface area contributed by atoms with Gasteiger partial charge in [0.1, 0.15) is 0 Å². The van der Waals surface area contributed by atoms with Gasteiger partial charge < -0.3 is 0 Å². The Kier molecular flexibility index (Phi) is 6.02. The molecule has 0 aromatic heterocycles. The molecule has 0 saturated carbocycles. The largest absolute Gasteiger partial charge is 0.269 e. The summed E-state index contributed by atoms with van der Waals surface area (Å²) in [6.45, 7) is 1.90. The normalized spacial score (nSPS) is 10.5. The molecule has 0 aliphatic rings. The van der Waals surface area contributed by atoms with E-state index in [-0.39, 0.29) is 5.69 Å². The molecule has 128 valence electrons. The van der Waals surface area contributed by atoms with Gasteiger partial charge in [-0.1, -0.05) is 22.0 Å². The van der Waals surface area contributed by atoms with E-state index in [1.165, 1.54) is 36.4 Å². The molecule has 0 aliphatic heterocycles. The van der Waals surface area contributed by atoms with E-state index in [1.54, 1.807) is 18.2 Å². The molecule has 2 rings (SSSR count). The van der Waals surface area contributed by atoms with Gasteiger partial charge in [0.15, 0.2) is 0 Å². The van der Waals surface area contributed by atoms with Crippen molar-refractivity contribution in [3.63, 3.8) is 0 Å². The number of carbonyl (C=O) groups is 2. The highest BCUT2D eigenvalue weighted by Crippen LogP contribution is 2.17. The highest BCUT2D eigenvalue weighted by atomic mass is 79.9. The van der Waals surface area contributed by atoms with E-state index in [1.807, 2.05) is 6.92 Å². The van der Waals surface area contributed by atoms with Crippen LogP contribution in [-0.2, 0) is 4.79 Å². The predicted molar refractivity (Wildman–Crippen MR) is 96.6 cm³/mol. The van der Waals surface area contributed by atoms with Gasteiger partial charge in [-0.15, -0.1) is 0 Å². The molecule has 7 nitrogen and oxygen atoms in total. The maximum atomic E-state index is 12.0. The van der Waals surface area contributed by atoms with Crippen LogP contribution in [0.15, 0.2) is 53.0 Å². The lowest BCUT2D eigenvalue weighted by Crippen LogP contribution is -2.40. The molecule has 0 unspecified atom stereocenters. The molecule has 0 atom stereocenters. The minimum atomic E-state index is -0.530. The predicted octanol–water partition coefficient (Wildman–Crippen LogP) is 3.14. The van der Waals surface area contributed by atoms with Gasteiger partial charge in [-0.3, -0.25) is 30.6 Å². The van der Waals surface area contributed by atoms with Crippen molar-refractivity contribution < 1.29 is 14.5 Å². The lowest BCUT2D eigenvalue weighted by molar-refractivity contribution is -0.384. The van der Waals surface area contributed by atoms with Crippen molar-refractivity contribution in [1.82, 2.24) is 10.9 Å². The van der Waals surface area contributed by atoms with Crippen LogP contribution in [0.3, 0.4) is 0 Å². The molecule has 2 N–H and O–H groups in total. The van der Waals surface area contributed by atoms with Crippen LogP contribution in [0.4, 0.5) is 5.69 Å². The van der Waals surface area contributed by atoms with E-state index in [2.05, 4.69) is 26.8 Å². The molecule has 8 heteroatoms. The molecule has 2 amide bonds. The zero-order valence-electron chi connectivity index (χ0n) is 13.2. The molecule has 25 heavy (non-hydrogen) atoms. The number of rotatable bonds is 4. The number of amides is 2. The molecule has 0 fully saturated rings. The summed E-state index contributed by atoms with van der Waals surface area (Å²) in [4.78, 5) is 33.7. The number of nitrogens with zero attached hydrogens (tertiary/aromatic N) is 1. The lowest BCUT2D eigenvalue weighted by Gasteiger charge is -2.06. The Labute approximate surface area is 152 Å². The Balaban J connectivity index is 1.90. The van der Waals surface area contributed by atoms with Crippen molar-refractivity contribution in [1.29, 1.82) is 0 Å². The number of hydrogen-bond acceptors (Lipinski definition) is 4. The summed E-state index contributed by atoms with van der Waals surface area (Å²) in [5.74, 6) is -0.976. The summed E-state index contributed by atoms with van der Waals surface area (Å²) in [7, 11) is 0. The molecule has 0 saturated heterocycles. The zero-order chi connectivity index (χ0) is 18.4. The maximum absolute atomic E-state index is 12.0. The third-order valence-electron chi connectivity index (χ3n) is 3.26. The van der Waals surface area contributed by atoms with E-state index in [9.17, 15) is 19.7 Å². The fraction of sp³-hybridized carbons (Fsp3) is 0.0588. The Morgan fingerprint density at radius 3 is 2.40 bits per heavy atom. The molecule has 0 spiro atoms. The first-order chi connectivity index (χ1) is 11.9. The minimum Gasteiger partial charge on any atom is -0.268 e. The fourth-order valence-electron chi connectivity index (χ4n) is 1.85. The van der Waals surface area contributed by atoms with Gasteiger partial charge in [-0.25, -0.2) is 0 Å². The van der Waals surface area contributed by atoms with Crippen molar-refractivity contribution in [2.45, 2.75) is 6.92 Å². The average molecular weight is 404 g/mol. The third kappa shape index (κ3) is 5.25. The minimum absolute atomic E-state index is 0.0295. The van der Waals surface area contributed by atoms with Crippen LogP contribution in [0.2, 0.25) is 0 Å². The molecule has 0 bridgehead atoms. The van der Waals surface area contributed by atoms with Gasteiger partial charge in [0, 0.05) is 28.2 Å². The van der Waals surface area contributed by atoms with Crippen LogP contribution in [0, 0.1) is 17.0 Å². The SMILES string of the molecule is Cc1ccc(C(=O)NNC(=O)/C=C/c2ccc([N+](=O)[O-])cc2)cc1Br. The summed E-state index contributed by atoms with van der Waals surface area (Å²) in [6, 6.07) is 10.8. The third-order valence-corrected chi connectivity index (χ3v) is 4.12. The highest BCUT2D eigenvalue weighted by molar-refractivity contribution is 9.10. The summed E-state index contributed by atoms with van der Waals surface area (Å²) in [5.41, 5.74) is 6.55. The van der Waals surface area contributed by atoms with Crippen molar-refractivity contribution in [3.8, 4) is 0 Å². The first-order valence-electron chi connectivity index (χ1n) is 7.16. The van der Waals surface area contributed by atoms with Gasteiger partial charge >= 0.3 is 0 Å². The number of carbonyl (C=O) groups excluding carboxylic acids is 2. The molecule has 0 aliphatic carbocycles. The summed E-state index contributed by atoms with van der Waals surface area (Å²) in [6.07, 6.45) is 2.69. The van der Waals surface area contributed by atoms with Crippen molar-refractivity contribution in [2.75, 3.05) is 0 Å². The van der Waals surface area contributed by atoms with Gasteiger partial charge in [-0.05, 0) is 48.4 Å². The van der Waals surface area contributed by atoms with E-state index >= 15 is 0 Å². The number of benzene rings is 2. The second-order valence-electron chi connectivity index (χ2n) is 5.09. The number of hydrogen-bond donors (Lipinski definition) is 2. The van der Waals surface area contributed by atoms with Crippen molar-refractivity contribution in [2.24, 2.45) is 0 Å². The van der Waals surface area contributed by atoms with Crippen LogP contribution in [0.25, 0.3) is 6.08 Å². The van der Waals surface area contributed by atoms with Crippen LogP contribution in [0.1, 0.15) is 21.5 Å². The zero-order valence-corrected chi connectivity index (χ0v) is 14.7. The van der Waals surface area contributed by atoms with Crippen LogP contribution in [-0.4, -0.2) is 16.7 Å². The average Bonchev–Trinajstić information content (AvgIpc) is 2.60. The lowest BCUT2D eigenvalue weighted by atomic mass is 10.1. The van der Waals surface area contributed by atoms with Crippen LogP contribution < -0.4 is 10.9 Å². The van der Waals surface area contributed by atoms with E-state index in [0.717, 1.165) is 10.0 Å². The number of nitro groups is 1. The van der Waals surface area contributed by atoms with Gasteiger partial charge in [0.25, 0.3) is 17.5 Å². The Morgan fingerprint density at radius 1 is 1.12 bits per heavy atom. The Morgan fingerprint density at radius 2 is 1.80 bits per heavy atom. The number of non-ortho nitro benzene ring substituents is 1. The van der Waals surface area contributed by atoms with E-state index in [0.29, 0.717) is 11.1 Å². The topological polar surface area (TPSA) is 101 Å². The highest BCUT2D eigenvalue weighted by Gasteiger charge is 2.08. The standard InChI is InChI=1S/C17H14BrN3O4/c1-11-2-6-13(10-15(11)18)17(23)20-19-16(22)9-5-12-3-7-14(8-4-12)21(24)25/h2-10H,1H3,(H,19,22)(H,20,23)/b9-5+. The molecule has 2 aromatic rings. The number of aryl methyl sites for hydroxylation is 1.